The summed E-state index contributed by atoms with van der Waals surface area (Å²) in [6.07, 6.45) is 4.71. The van der Waals surface area contributed by atoms with Crippen LogP contribution in [-0.4, -0.2) is 73.6 Å². The van der Waals surface area contributed by atoms with Gasteiger partial charge in [0.25, 0.3) is 11.5 Å². The molecule has 0 radical (unpaired) electrons. The summed E-state index contributed by atoms with van der Waals surface area (Å²) in [4.78, 5) is 72.3. The maximum atomic E-state index is 15.4. The van der Waals surface area contributed by atoms with Crippen LogP contribution < -0.4 is 27.0 Å². The van der Waals surface area contributed by atoms with Gasteiger partial charge in [-0.25, -0.2) is 27.9 Å². The number of halogens is 2. The number of nitrogen functional groups attached to an aromatic ring is 1. The molecule has 53 heavy (non-hydrogen) atoms. The van der Waals surface area contributed by atoms with Gasteiger partial charge in [-0.2, -0.15) is 0 Å². The summed E-state index contributed by atoms with van der Waals surface area (Å²) in [5.41, 5.74) is 3.61. The third kappa shape index (κ3) is 8.95. The van der Waals surface area contributed by atoms with E-state index in [1.807, 2.05) is 0 Å². The quantitative estimate of drug-likeness (QED) is 0.238. The minimum absolute atomic E-state index is 0.0135. The second-order valence-electron chi connectivity index (χ2n) is 13.4. The molecule has 0 aliphatic carbocycles. The molecule has 278 valence electrons. The molecule has 1 fully saturated rings. The summed E-state index contributed by atoms with van der Waals surface area (Å²) >= 11 is 0. The van der Waals surface area contributed by atoms with Crippen molar-refractivity contribution in [1.29, 1.82) is 0 Å². The van der Waals surface area contributed by atoms with Crippen LogP contribution in [0.5, 0.6) is 11.5 Å². The molecule has 2 aromatic carbocycles. The van der Waals surface area contributed by atoms with Gasteiger partial charge in [-0.3, -0.25) is 19.0 Å². The molecule has 14 nitrogen and oxygen atoms in total. The van der Waals surface area contributed by atoms with Gasteiger partial charge < -0.3 is 30.3 Å². The fraction of sp³-hybridized carbons (Fsp3) is 0.297. The summed E-state index contributed by atoms with van der Waals surface area (Å²) in [5, 5.41) is 2.47. The normalized spacial score (nSPS) is 13.4. The van der Waals surface area contributed by atoms with Gasteiger partial charge in [0.15, 0.2) is 11.6 Å². The van der Waals surface area contributed by atoms with Crippen molar-refractivity contribution < 1.29 is 32.6 Å². The van der Waals surface area contributed by atoms with Gasteiger partial charge in [0, 0.05) is 62.4 Å². The van der Waals surface area contributed by atoms with Gasteiger partial charge in [-0.15, -0.1) is 0 Å². The number of pyridine rings is 1. The minimum Gasteiger partial charge on any atom is -0.453 e. The largest absolute Gasteiger partial charge is 0.453 e. The van der Waals surface area contributed by atoms with Crippen LogP contribution in [0.3, 0.4) is 0 Å². The van der Waals surface area contributed by atoms with Gasteiger partial charge >= 0.3 is 11.8 Å². The molecule has 0 atom stereocenters. The number of rotatable bonds is 8. The second kappa shape index (κ2) is 15.5. The van der Waals surface area contributed by atoms with Crippen molar-refractivity contribution in [2.45, 2.75) is 46.3 Å². The van der Waals surface area contributed by atoms with Crippen LogP contribution in [0.2, 0.25) is 0 Å². The fourth-order valence-electron chi connectivity index (χ4n) is 5.32. The average Bonchev–Trinajstić information content (AvgIpc) is 3.09. The number of hydrogen-bond acceptors (Lipinski definition) is 9. The highest BCUT2D eigenvalue weighted by Gasteiger charge is 2.27. The number of hydrogen-bond donors (Lipinski definition) is 2. The Kier molecular flexibility index (Phi) is 11.1. The summed E-state index contributed by atoms with van der Waals surface area (Å²) in [5.74, 6) is -2.87. The lowest BCUT2D eigenvalue weighted by Crippen LogP contribution is -2.51. The van der Waals surface area contributed by atoms with E-state index in [1.165, 1.54) is 58.1 Å². The zero-order valence-corrected chi connectivity index (χ0v) is 29.8. The molecule has 0 spiro atoms. The van der Waals surface area contributed by atoms with Gasteiger partial charge in [0.05, 0.1) is 11.3 Å². The van der Waals surface area contributed by atoms with Crippen LogP contribution in [0.1, 0.15) is 56.6 Å². The summed E-state index contributed by atoms with van der Waals surface area (Å²) in [7, 11) is 0. The number of carbonyl (C=O) groups excluding carboxylic acids is 3. The van der Waals surface area contributed by atoms with E-state index >= 15 is 4.39 Å². The number of benzene rings is 2. The smallest absolute Gasteiger partial charge is 0.410 e. The Morgan fingerprint density at radius 1 is 0.943 bits per heavy atom. The highest BCUT2D eigenvalue weighted by atomic mass is 19.1. The Balaban J connectivity index is 1.30. The van der Waals surface area contributed by atoms with Crippen molar-refractivity contribution in [2.75, 3.05) is 37.2 Å². The van der Waals surface area contributed by atoms with Crippen molar-refractivity contribution in [3.8, 4) is 17.2 Å². The summed E-state index contributed by atoms with van der Waals surface area (Å²) in [6.45, 7) is 9.87. The van der Waals surface area contributed by atoms with Gasteiger partial charge in [0.1, 0.15) is 28.5 Å². The number of ether oxygens (including phenoxy) is 2. The first kappa shape index (κ1) is 37.9. The van der Waals surface area contributed by atoms with Crippen LogP contribution in [-0.2, 0) is 9.53 Å². The Morgan fingerprint density at radius 2 is 1.60 bits per heavy atom. The zero-order valence-electron chi connectivity index (χ0n) is 29.8. The molecular formula is C37H39F2N7O7. The third-order valence-electron chi connectivity index (χ3n) is 8.03. The first-order valence-corrected chi connectivity index (χ1v) is 16.6. The Bertz CT molecular complexity index is 2180. The number of nitrogens with one attached hydrogen (secondary N) is 1. The predicted octanol–water partition coefficient (Wildman–Crippen LogP) is 4.97. The Morgan fingerprint density at radius 3 is 2.23 bits per heavy atom. The predicted molar refractivity (Wildman–Crippen MR) is 193 cm³/mol. The molecule has 16 heteroatoms. The molecule has 1 aliphatic heterocycles. The Labute approximate surface area is 303 Å². The molecule has 0 bridgehead atoms. The lowest BCUT2D eigenvalue weighted by molar-refractivity contribution is -0.127. The van der Waals surface area contributed by atoms with Crippen LogP contribution >= 0.6 is 0 Å². The van der Waals surface area contributed by atoms with Crippen molar-refractivity contribution in [2.24, 2.45) is 0 Å². The summed E-state index contributed by atoms with van der Waals surface area (Å²) < 4.78 is 42.1. The Hall–Kier alpha value is -6.32. The SMILES string of the molecule is CC(C)n1cc(C(=O)Nc2ccc(Oc3ccnc(N)c3/C=C/C(=O)N3CCN(C(=O)OC(C)(C)C)CC3)c(F)c2)c(=O)n(-c2ccc(F)cc2)c1=O. The first-order chi connectivity index (χ1) is 25.0. The van der Waals surface area contributed by atoms with E-state index in [-0.39, 0.29) is 53.3 Å². The molecule has 3 amide bonds. The number of anilines is 2. The van der Waals surface area contributed by atoms with E-state index in [0.29, 0.717) is 13.1 Å². The molecule has 0 unspecified atom stereocenters. The lowest BCUT2D eigenvalue weighted by atomic mass is 10.2. The van der Waals surface area contributed by atoms with E-state index in [1.54, 1.807) is 39.5 Å². The monoisotopic (exact) mass is 731 g/mol. The first-order valence-electron chi connectivity index (χ1n) is 16.6. The second-order valence-corrected chi connectivity index (χ2v) is 13.4. The average molecular weight is 732 g/mol. The molecule has 0 saturated carbocycles. The van der Waals surface area contributed by atoms with E-state index < -0.39 is 52.1 Å². The third-order valence-corrected chi connectivity index (χ3v) is 8.03. The van der Waals surface area contributed by atoms with Crippen LogP contribution in [0.25, 0.3) is 11.8 Å². The molecule has 1 saturated heterocycles. The number of nitrogens with zero attached hydrogens (tertiary/aromatic N) is 5. The maximum absolute atomic E-state index is 15.4. The number of piperazine rings is 1. The van der Waals surface area contributed by atoms with Crippen LogP contribution in [0.4, 0.5) is 25.1 Å². The highest BCUT2D eigenvalue weighted by Crippen LogP contribution is 2.32. The number of aromatic nitrogens is 3. The lowest BCUT2D eigenvalue weighted by Gasteiger charge is -2.35. The van der Waals surface area contributed by atoms with E-state index in [9.17, 15) is 28.4 Å². The molecule has 4 aromatic rings. The highest BCUT2D eigenvalue weighted by molar-refractivity contribution is 6.04. The standard InChI is InChI=1S/C37H39F2N7O7/c1-22(2)45-21-27(34(49)46(35(45)50)25-9-6-23(38)7-10-25)33(48)42-24-8-12-30(28(39)20-24)52-29-14-15-41-32(40)26(29)11-13-31(47)43-16-18-44(19-17-43)36(51)53-37(3,4)5/h6-15,20-22H,16-19H2,1-5H3,(H2,40,41)(H,42,48)/b13-11+. The number of amides is 3. The van der Waals surface area contributed by atoms with Gasteiger partial charge in [-0.1, -0.05) is 0 Å². The van der Waals surface area contributed by atoms with Crippen molar-refractivity contribution >= 4 is 35.5 Å². The molecule has 5 rings (SSSR count). The number of nitrogens with two attached hydrogens (primary N) is 1. The van der Waals surface area contributed by atoms with Gasteiger partial charge in [0.2, 0.25) is 5.91 Å². The molecule has 3 heterocycles. The zero-order chi connectivity index (χ0) is 38.6. The maximum Gasteiger partial charge on any atom is 0.410 e. The summed E-state index contributed by atoms with van der Waals surface area (Å²) in [6, 6.07) is 9.20. The van der Waals surface area contributed by atoms with Gasteiger partial charge in [-0.05, 0) is 83.2 Å². The van der Waals surface area contributed by atoms with Crippen LogP contribution in [0, 0.1) is 11.6 Å². The molecule has 1 aliphatic rings. The van der Waals surface area contributed by atoms with E-state index in [0.717, 1.165) is 29.0 Å². The van der Waals surface area contributed by atoms with E-state index in [4.69, 9.17) is 15.2 Å². The van der Waals surface area contributed by atoms with Crippen LogP contribution in [0.15, 0.2) is 76.6 Å². The molecule has 2 aromatic heterocycles. The fourth-order valence-corrected chi connectivity index (χ4v) is 5.32. The van der Waals surface area contributed by atoms with Crippen molar-refractivity contribution in [1.82, 2.24) is 23.9 Å². The molecular weight excluding hydrogens is 692 g/mol. The number of carbonyl (C=O) groups is 3. The van der Waals surface area contributed by atoms with E-state index in [2.05, 4.69) is 10.3 Å². The minimum atomic E-state index is -0.950. The van der Waals surface area contributed by atoms with Crippen molar-refractivity contribution in [3.05, 3.63) is 111 Å². The van der Waals surface area contributed by atoms with Crippen molar-refractivity contribution in [3.63, 3.8) is 0 Å². The topological polar surface area (TPSA) is 171 Å². The molecule has 3 N–H and O–H groups in total.